The van der Waals surface area contributed by atoms with E-state index in [9.17, 15) is 25.5 Å². The van der Waals surface area contributed by atoms with Gasteiger partial charge in [0.2, 0.25) is 0 Å². The highest BCUT2D eigenvalue weighted by molar-refractivity contribution is 6.53. The Balaban J connectivity index is 0.000000156. The Labute approximate surface area is 781 Å². The van der Waals surface area contributed by atoms with E-state index in [1.54, 1.807) is 0 Å². The fourth-order valence-electron chi connectivity index (χ4n) is 19.4. The topological polar surface area (TPSA) is 193 Å². The standard InChI is InChI=1S/C23H35BO3.2C22H33BO3.2C21H31BO3/c1-6-7-9-14-20(17-24-26-21(2,3)22(4,5)27-24)23(25,19-15-16-19)18-12-10-8-11-13-18;1-6-7-13-18(16-23-25-20(2,3)21(4,5)26-23)22(24)15-10-12-17-11-8-9-14-19(17)22;1-6-7-11-19(16-23-25-20(2,3)21(4,5)26-23)22(24,18-14-15-18)17-12-9-8-10-13-17;1-6-10-17(15-22-24-19(2,3)20(4,5)25-22)21(23)14-9-12-16-11-7-8-13-18(16)21;1-6-10-18(15-22-24-19(2,3)20(4,5)25-22)21(23,17-13-14-17)16-11-8-7-9-12-16/h8,10-13,17,19,25H,6-7,9,14-16H2,1-5H3;8-9,11,14,16,24H,6-7,10,12-13,15H2,1-5H3;8-10,12-13,16,18,24H,6-7,11,14-15H2,1-5H3;7-8,11,13,15,23H,6,9-10,12,14H2,1-5H3;7-9,11-12,15,17,23H,6,10,13-14H2,1-5H3/b20-17+;18-16+;19-16+;17-15+;18-15+. The molecule has 5 N–H and O–H groups in total. The van der Waals surface area contributed by atoms with Crippen molar-refractivity contribution in [1.29, 1.82) is 0 Å². The highest BCUT2D eigenvalue weighted by Gasteiger charge is 2.59. The van der Waals surface area contributed by atoms with Crippen LogP contribution in [0, 0.1) is 17.8 Å². The van der Waals surface area contributed by atoms with Crippen LogP contribution in [0.3, 0.4) is 0 Å². The zero-order valence-corrected chi connectivity index (χ0v) is 84.0. The van der Waals surface area contributed by atoms with Crippen LogP contribution in [0.25, 0.3) is 0 Å². The minimum Gasteiger partial charge on any atom is -0.400 e. The highest BCUT2D eigenvalue weighted by Crippen LogP contribution is 2.56. The molecular formula is C109H163B5O15. The maximum atomic E-state index is 11.9. The zero-order valence-electron chi connectivity index (χ0n) is 84.0. The van der Waals surface area contributed by atoms with Gasteiger partial charge in [-0.2, -0.15) is 0 Å². The lowest BCUT2D eigenvalue weighted by molar-refractivity contribution is 0.00578. The summed E-state index contributed by atoms with van der Waals surface area (Å²) < 4.78 is 61.8. The van der Waals surface area contributed by atoms with Crippen LogP contribution in [0.15, 0.2) is 197 Å². The molecule has 15 nitrogen and oxygen atoms in total. The molecule has 5 aliphatic heterocycles. The second-order valence-corrected chi connectivity index (χ2v) is 43.7. The second kappa shape index (κ2) is 41.6. The lowest BCUT2D eigenvalue weighted by Gasteiger charge is -2.37. The Hall–Kier alpha value is -5.48. The quantitative estimate of drug-likeness (QED) is 0.0215. The third-order valence-corrected chi connectivity index (χ3v) is 31.3. The van der Waals surface area contributed by atoms with E-state index in [4.69, 9.17) is 46.5 Å². The maximum absolute atomic E-state index is 11.9. The molecule has 5 aliphatic carbocycles. The van der Waals surface area contributed by atoms with Crippen LogP contribution in [0.2, 0.25) is 0 Å². The van der Waals surface area contributed by atoms with Crippen molar-refractivity contribution in [2.45, 2.75) is 424 Å². The van der Waals surface area contributed by atoms with Gasteiger partial charge >= 0.3 is 35.6 Å². The summed E-state index contributed by atoms with van der Waals surface area (Å²) in [5.41, 5.74) is 4.58. The lowest BCUT2D eigenvalue weighted by atomic mass is 9.70. The van der Waals surface area contributed by atoms with Crippen molar-refractivity contribution in [1.82, 2.24) is 0 Å². The molecule has 5 atom stereocenters. The van der Waals surface area contributed by atoms with E-state index >= 15 is 0 Å². The molecule has 0 spiro atoms. The van der Waals surface area contributed by atoms with E-state index in [-0.39, 0.29) is 73.8 Å². The molecule has 5 aromatic rings. The largest absolute Gasteiger partial charge is 0.487 e. The summed E-state index contributed by atoms with van der Waals surface area (Å²) in [6.07, 6.45) is 25.9. The third kappa shape index (κ3) is 23.4. The van der Waals surface area contributed by atoms with Crippen LogP contribution in [0.5, 0.6) is 0 Å². The molecule has 15 rings (SSSR count). The van der Waals surface area contributed by atoms with Gasteiger partial charge in [-0.25, -0.2) is 0 Å². The fraction of sp³-hybridized carbons (Fsp3) is 0.633. The summed E-state index contributed by atoms with van der Waals surface area (Å²) in [6, 6.07) is 46.9. The molecule has 0 bridgehead atoms. The summed E-state index contributed by atoms with van der Waals surface area (Å²) >= 11 is 0. The van der Waals surface area contributed by atoms with E-state index in [1.165, 1.54) is 11.1 Å². The summed E-state index contributed by atoms with van der Waals surface area (Å²) in [5.74, 6) is 11.1. The Morgan fingerprint density at radius 2 is 0.535 bits per heavy atom. The van der Waals surface area contributed by atoms with Gasteiger partial charge in [0.05, 0.1) is 56.0 Å². The van der Waals surface area contributed by atoms with E-state index in [1.807, 2.05) is 109 Å². The van der Waals surface area contributed by atoms with Crippen molar-refractivity contribution < 1.29 is 72.1 Å². The first-order valence-corrected chi connectivity index (χ1v) is 49.8. The molecule has 8 fully saturated rings. The minimum atomic E-state index is -0.918. The predicted molar refractivity (Wildman–Crippen MR) is 530 cm³/mol. The fourth-order valence-corrected chi connectivity index (χ4v) is 19.4. The number of aryl methyl sites for hydroxylation is 2. The van der Waals surface area contributed by atoms with Gasteiger partial charge in [-0.3, -0.25) is 0 Å². The zero-order chi connectivity index (χ0) is 94.3. The van der Waals surface area contributed by atoms with Crippen molar-refractivity contribution in [3.8, 4) is 0 Å². The number of benzene rings is 5. The summed E-state index contributed by atoms with van der Waals surface area (Å²) in [7, 11) is -2.07. The summed E-state index contributed by atoms with van der Waals surface area (Å²) in [4.78, 5) is 0. The number of unbranched alkanes of at least 4 members (excludes halogenated alkanes) is 4. The first-order valence-electron chi connectivity index (χ1n) is 49.8. The molecule has 20 heteroatoms. The number of hydrogen-bond acceptors (Lipinski definition) is 15. The van der Waals surface area contributed by atoms with Gasteiger partial charge in [-0.05, 0) is 351 Å². The third-order valence-electron chi connectivity index (χ3n) is 31.3. The van der Waals surface area contributed by atoms with Crippen LogP contribution in [-0.4, -0.2) is 117 Å². The lowest BCUT2D eigenvalue weighted by Crippen LogP contribution is -2.41. The van der Waals surface area contributed by atoms with E-state index in [0.29, 0.717) is 0 Å². The SMILES string of the molecule is CCC/C(=C\B1OC(C)(C)C(C)(C)O1)C(O)(c1ccccc1)C1CC1.CCC/C(=C\B1OC(C)(C)C(C)(C)O1)C1(O)CCCc2ccccc21.CCCC/C(=C\B1OC(C)(C)C(C)(C)O1)C(O)(c1ccccc1)C1CC1.CCCC/C(=C\B1OC(C)(C)C(C)(C)O1)C1(O)CCCc2ccccc21.CCCCC/C(=C\B1OC(C)(C)C(C)(C)O1)C(O)(c1ccccc1)C1CC1. The summed E-state index contributed by atoms with van der Waals surface area (Å²) in [6.45, 7) is 52.2. The van der Waals surface area contributed by atoms with E-state index in [0.717, 1.165) is 223 Å². The van der Waals surface area contributed by atoms with Crippen molar-refractivity contribution >= 4 is 35.6 Å². The van der Waals surface area contributed by atoms with Crippen LogP contribution < -0.4 is 0 Å². The molecule has 0 amide bonds. The molecule has 5 aromatic carbocycles. The minimum absolute atomic E-state index is 0.287. The Kier molecular flexibility index (Phi) is 33.6. The monoisotopic (exact) mass is 1770 g/mol. The van der Waals surface area contributed by atoms with Crippen molar-refractivity contribution in [2.24, 2.45) is 17.8 Å². The van der Waals surface area contributed by atoms with Gasteiger partial charge in [0.25, 0.3) is 0 Å². The highest BCUT2D eigenvalue weighted by atomic mass is 16.7. The van der Waals surface area contributed by atoms with Gasteiger partial charge < -0.3 is 72.1 Å². The van der Waals surface area contributed by atoms with Gasteiger partial charge in [-0.15, -0.1) is 0 Å². The molecule has 5 saturated heterocycles. The van der Waals surface area contributed by atoms with E-state index < -0.39 is 63.6 Å². The smallest absolute Gasteiger partial charge is 0.400 e. The number of rotatable bonds is 30. The molecule has 704 valence electrons. The molecule has 0 aromatic heterocycles. The van der Waals surface area contributed by atoms with Gasteiger partial charge in [0.15, 0.2) is 0 Å². The number of fused-ring (bicyclic) bond motifs is 2. The Morgan fingerprint density at radius 1 is 0.295 bits per heavy atom. The molecule has 0 radical (unpaired) electrons. The molecule has 129 heavy (non-hydrogen) atoms. The normalized spacial score (nSPS) is 25.8. The molecule has 10 aliphatic rings. The molecule has 5 heterocycles. The first-order chi connectivity index (χ1) is 60.5. The number of hydrogen-bond donors (Lipinski definition) is 5. The summed E-state index contributed by atoms with van der Waals surface area (Å²) in [5, 5.41) is 58.9. The van der Waals surface area contributed by atoms with Crippen LogP contribution >= 0.6 is 0 Å². The predicted octanol–water partition coefficient (Wildman–Crippen LogP) is 24.6. The first kappa shape index (κ1) is 104. The van der Waals surface area contributed by atoms with Gasteiger partial charge in [0, 0.05) is 0 Å². The molecular weight excluding hydrogens is 1600 g/mol. The van der Waals surface area contributed by atoms with Gasteiger partial charge in [-0.1, -0.05) is 243 Å². The van der Waals surface area contributed by atoms with Gasteiger partial charge in [0.1, 0.15) is 28.0 Å². The van der Waals surface area contributed by atoms with Crippen LogP contribution in [0.1, 0.15) is 366 Å². The Bertz CT molecular complexity index is 4560. The van der Waals surface area contributed by atoms with E-state index in [2.05, 4.69) is 234 Å². The second-order valence-electron chi connectivity index (χ2n) is 43.7. The van der Waals surface area contributed by atoms with Crippen LogP contribution in [0.4, 0.5) is 0 Å². The number of aliphatic hydroxyl groups is 5. The maximum Gasteiger partial charge on any atom is 0.487 e. The molecule has 5 unspecified atom stereocenters. The Morgan fingerprint density at radius 3 is 0.806 bits per heavy atom. The van der Waals surface area contributed by atoms with Crippen molar-refractivity contribution in [3.05, 3.63) is 236 Å². The van der Waals surface area contributed by atoms with Crippen LogP contribution in [-0.2, 0) is 87.4 Å². The average molecular weight is 1770 g/mol. The average Bonchev–Trinajstić information content (AvgIpc) is 1.76. The van der Waals surface area contributed by atoms with Crippen molar-refractivity contribution in [3.63, 3.8) is 0 Å². The van der Waals surface area contributed by atoms with Crippen molar-refractivity contribution in [2.75, 3.05) is 0 Å². The molecule has 3 saturated carbocycles.